The van der Waals surface area contributed by atoms with Crippen molar-refractivity contribution >= 4 is 21.2 Å². The molecule has 0 aromatic rings. The Morgan fingerprint density at radius 1 is 1.00 bits per heavy atom. The molecule has 0 heterocycles. The molecule has 1 rings (SSSR count). The maximum atomic E-state index is 2.50. The van der Waals surface area contributed by atoms with Crippen molar-refractivity contribution in [2.75, 3.05) is 0 Å². The predicted octanol–water partition coefficient (Wildman–Crippen LogP) is 3.23. The Morgan fingerprint density at radius 3 is 1.80 bits per heavy atom. The van der Waals surface area contributed by atoms with Gasteiger partial charge >= 0.3 is 0 Å². The van der Waals surface area contributed by atoms with E-state index in [0.29, 0.717) is 0 Å². The van der Waals surface area contributed by atoms with Gasteiger partial charge in [-0.3, -0.25) is 0 Å². The van der Waals surface area contributed by atoms with Crippen molar-refractivity contribution in [3.05, 3.63) is 0 Å². The highest BCUT2D eigenvalue weighted by molar-refractivity contribution is 6.57. The lowest BCUT2D eigenvalue weighted by molar-refractivity contribution is 0.497. The lowest BCUT2D eigenvalue weighted by Crippen LogP contribution is -2.14. The summed E-state index contributed by atoms with van der Waals surface area (Å²) in [5.74, 6) is 0. The van der Waals surface area contributed by atoms with Gasteiger partial charge in [0.15, 0.2) is 0 Å². The molecule has 2 heteroatoms. The van der Waals surface area contributed by atoms with Crippen LogP contribution in [0.1, 0.15) is 32.1 Å². The normalized spacial score (nSPS) is 20.7. The third-order valence-corrected chi connectivity index (χ3v) is 5.14. The second kappa shape index (κ2) is 5.20. The first-order valence-electron chi connectivity index (χ1n) is 4.30. The fourth-order valence-corrected chi connectivity index (χ4v) is 3.61. The molecule has 1 aliphatic rings. The van der Waals surface area contributed by atoms with Gasteiger partial charge in [-0.2, -0.15) is 0 Å². The van der Waals surface area contributed by atoms with E-state index in [-0.39, 0.29) is 21.2 Å². The van der Waals surface area contributed by atoms with Crippen LogP contribution >= 0.6 is 12.4 Å². The molecule has 0 aliphatic heterocycles. The van der Waals surface area contributed by atoms with Crippen LogP contribution in [0.15, 0.2) is 0 Å². The Hall–Kier alpha value is 0.507. The van der Waals surface area contributed by atoms with Gasteiger partial charge in [-0.05, 0) is 5.54 Å². The van der Waals surface area contributed by atoms with E-state index in [2.05, 4.69) is 13.1 Å². The standard InChI is InChI=1S/C8H18Si.ClH/c1-9(2)8-6-4-3-5-7-8;/h8-9H,3-7H2,1-2H3;1H. The number of hydrogen-bond donors (Lipinski definition) is 0. The Morgan fingerprint density at radius 2 is 1.50 bits per heavy atom. The number of halogens is 1. The van der Waals surface area contributed by atoms with E-state index in [0.717, 1.165) is 0 Å². The average molecular weight is 179 g/mol. The van der Waals surface area contributed by atoms with Crippen LogP contribution in [0.4, 0.5) is 0 Å². The van der Waals surface area contributed by atoms with Crippen LogP contribution < -0.4 is 0 Å². The Balaban J connectivity index is 0.000000810. The molecule has 10 heavy (non-hydrogen) atoms. The molecule has 1 fully saturated rings. The molecule has 1 saturated carbocycles. The van der Waals surface area contributed by atoms with E-state index in [1.54, 1.807) is 12.8 Å². The molecule has 0 aromatic heterocycles. The lowest BCUT2D eigenvalue weighted by Gasteiger charge is -2.23. The van der Waals surface area contributed by atoms with Crippen molar-refractivity contribution in [1.82, 2.24) is 0 Å². The number of hydrogen-bond acceptors (Lipinski definition) is 0. The first kappa shape index (κ1) is 10.5. The third-order valence-electron chi connectivity index (χ3n) is 2.59. The van der Waals surface area contributed by atoms with E-state index in [1.807, 2.05) is 0 Å². The predicted molar refractivity (Wildman–Crippen MR) is 53.0 cm³/mol. The van der Waals surface area contributed by atoms with Crippen LogP contribution in [0.3, 0.4) is 0 Å². The van der Waals surface area contributed by atoms with E-state index in [1.165, 1.54) is 24.8 Å². The van der Waals surface area contributed by atoms with Crippen molar-refractivity contribution in [3.8, 4) is 0 Å². The van der Waals surface area contributed by atoms with Crippen LogP contribution in [0.25, 0.3) is 0 Å². The van der Waals surface area contributed by atoms with Gasteiger partial charge in [0.25, 0.3) is 0 Å². The minimum absolute atomic E-state index is 0. The van der Waals surface area contributed by atoms with Gasteiger partial charge in [-0.15, -0.1) is 12.4 Å². The van der Waals surface area contributed by atoms with Crippen molar-refractivity contribution in [2.45, 2.75) is 50.7 Å². The Kier molecular flexibility index (Phi) is 5.46. The van der Waals surface area contributed by atoms with Crippen LogP contribution in [0.2, 0.25) is 18.6 Å². The molecular formula is C8H19ClSi. The molecule has 62 valence electrons. The molecule has 0 radical (unpaired) electrons. The van der Waals surface area contributed by atoms with Gasteiger partial charge in [-0.1, -0.05) is 45.2 Å². The van der Waals surface area contributed by atoms with E-state index < -0.39 is 0 Å². The molecule has 1 aliphatic carbocycles. The van der Waals surface area contributed by atoms with Gasteiger partial charge < -0.3 is 0 Å². The molecular weight excluding hydrogens is 160 g/mol. The summed E-state index contributed by atoms with van der Waals surface area (Å²) >= 11 is 0. The largest absolute Gasteiger partial charge is 0.147 e. The fourth-order valence-electron chi connectivity index (χ4n) is 1.80. The second-order valence-corrected chi connectivity index (χ2v) is 7.07. The smallest absolute Gasteiger partial charge is 0.0337 e. The van der Waals surface area contributed by atoms with Crippen molar-refractivity contribution in [1.29, 1.82) is 0 Å². The number of rotatable bonds is 1. The summed E-state index contributed by atoms with van der Waals surface area (Å²) in [6.45, 7) is 4.99. The van der Waals surface area contributed by atoms with Gasteiger partial charge in [0, 0.05) is 8.80 Å². The summed E-state index contributed by atoms with van der Waals surface area (Å²) < 4.78 is 0. The van der Waals surface area contributed by atoms with Crippen molar-refractivity contribution in [3.63, 3.8) is 0 Å². The molecule has 0 aromatic carbocycles. The maximum Gasteiger partial charge on any atom is 0.0337 e. The summed E-state index contributed by atoms with van der Waals surface area (Å²) in [6.07, 6.45) is 7.68. The minimum Gasteiger partial charge on any atom is -0.147 e. The highest BCUT2D eigenvalue weighted by Gasteiger charge is 2.16. The van der Waals surface area contributed by atoms with Gasteiger partial charge in [0.2, 0.25) is 0 Å². The summed E-state index contributed by atoms with van der Waals surface area (Å²) in [6, 6.07) is 0. The van der Waals surface area contributed by atoms with E-state index in [9.17, 15) is 0 Å². The zero-order valence-corrected chi connectivity index (χ0v) is 9.07. The van der Waals surface area contributed by atoms with Crippen molar-refractivity contribution in [2.24, 2.45) is 0 Å². The SMILES string of the molecule is C[SiH](C)C1CCCCC1.Cl. The quantitative estimate of drug-likeness (QED) is 0.541. The van der Waals surface area contributed by atoms with Crippen LogP contribution in [-0.2, 0) is 0 Å². The average Bonchev–Trinajstić information content (AvgIpc) is 1.90. The monoisotopic (exact) mass is 178 g/mol. The van der Waals surface area contributed by atoms with Gasteiger partial charge in [0.1, 0.15) is 0 Å². The molecule has 0 amide bonds. The highest BCUT2D eigenvalue weighted by atomic mass is 35.5. The minimum atomic E-state index is -0.252. The lowest BCUT2D eigenvalue weighted by atomic mass is 10.0. The van der Waals surface area contributed by atoms with Crippen LogP contribution in [0.5, 0.6) is 0 Å². The summed E-state index contributed by atoms with van der Waals surface area (Å²) in [4.78, 5) is 0. The van der Waals surface area contributed by atoms with Crippen LogP contribution in [0, 0.1) is 0 Å². The summed E-state index contributed by atoms with van der Waals surface area (Å²) in [5, 5.41) is 0. The molecule has 0 N–H and O–H groups in total. The molecule has 0 nitrogen and oxygen atoms in total. The maximum absolute atomic E-state index is 2.50. The van der Waals surface area contributed by atoms with E-state index >= 15 is 0 Å². The fraction of sp³-hybridized carbons (Fsp3) is 1.00. The third kappa shape index (κ3) is 3.06. The summed E-state index contributed by atoms with van der Waals surface area (Å²) in [7, 11) is -0.252. The second-order valence-electron chi connectivity index (χ2n) is 3.64. The van der Waals surface area contributed by atoms with Gasteiger partial charge in [0.05, 0.1) is 0 Å². The summed E-state index contributed by atoms with van der Waals surface area (Å²) in [5.41, 5.74) is 1.19. The molecule has 0 spiro atoms. The zero-order valence-electron chi connectivity index (χ0n) is 7.10. The first-order chi connectivity index (χ1) is 4.30. The zero-order chi connectivity index (χ0) is 6.69. The molecule has 0 unspecified atom stereocenters. The first-order valence-corrected chi connectivity index (χ1v) is 7.28. The molecule has 0 bridgehead atoms. The molecule has 0 atom stereocenters. The Bertz CT molecular complexity index is 77.3. The van der Waals surface area contributed by atoms with Crippen LogP contribution in [-0.4, -0.2) is 8.80 Å². The van der Waals surface area contributed by atoms with Crippen molar-refractivity contribution < 1.29 is 0 Å². The highest BCUT2D eigenvalue weighted by Crippen LogP contribution is 2.30. The molecule has 0 saturated heterocycles. The van der Waals surface area contributed by atoms with E-state index in [4.69, 9.17) is 0 Å². The van der Waals surface area contributed by atoms with Gasteiger partial charge in [-0.25, -0.2) is 0 Å². The topological polar surface area (TPSA) is 0 Å². The Labute approximate surface area is 72.4 Å².